The highest BCUT2D eigenvalue weighted by Gasteiger charge is 2.19. The zero-order valence-electron chi connectivity index (χ0n) is 10.4. The van der Waals surface area contributed by atoms with Gasteiger partial charge in [-0.25, -0.2) is 0 Å². The number of nitrogens with two attached hydrogens (primary N) is 1. The van der Waals surface area contributed by atoms with Crippen LogP contribution in [0.1, 0.15) is 46.5 Å². The van der Waals surface area contributed by atoms with Gasteiger partial charge in [0.1, 0.15) is 0 Å². The van der Waals surface area contributed by atoms with E-state index >= 15 is 0 Å². The molecule has 0 aromatic heterocycles. The molecule has 0 aliphatic heterocycles. The average Bonchev–Trinajstić information content (AvgIpc) is 2.27. The van der Waals surface area contributed by atoms with Crippen LogP contribution in [0, 0.1) is 18.3 Å². The maximum atomic E-state index is 5.79. The van der Waals surface area contributed by atoms with Gasteiger partial charge in [0.2, 0.25) is 0 Å². The van der Waals surface area contributed by atoms with Crippen LogP contribution in [0.15, 0.2) is 0 Å². The van der Waals surface area contributed by atoms with E-state index in [9.17, 15) is 0 Å². The van der Waals surface area contributed by atoms with Crippen molar-refractivity contribution in [1.82, 2.24) is 5.32 Å². The van der Waals surface area contributed by atoms with Gasteiger partial charge in [0.05, 0.1) is 6.04 Å². The standard InChI is InChI=1S/C13H26N2/c1-5-9-12(8-4)15-13(10-14)11(6-2)7-3/h4,11-13,15H,5-7,9-10,14H2,1-3H3. The fraction of sp³-hybridized carbons (Fsp3) is 0.846. The summed E-state index contributed by atoms with van der Waals surface area (Å²) in [5.74, 6) is 3.45. The van der Waals surface area contributed by atoms with E-state index in [1.165, 1.54) is 0 Å². The number of terminal acetylenes is 1. The Labute approximate surface area is 95.0 Å². The minimum atomic E-state index is 0.184. The summed E-state index contributed by atoms with van der Waals surface area (Å²) in [4.78, 5) is 0. The van der Waals surface area contributed by atoms with Gasteiger partial charge in [-0.3, -0.25) is 5.32 Å². The molecule has 0 amide bonds. The Balaban J connectivity index is 4.23. The Morgan fingerprint density at radius 1 is 1.27 bits per heavy atom. The van der Waals surface area contributed by atoms with Crippen LogP contribution >= 0.6 is 0 Å². The van der Waals surface area contributed by atoms with Gasteiger partial charge in [-0.2, -0.15) is 0 Å². The molecular formula is C13H26N2. The topological polar surface area (TPSA) is 38.0 Å². The average molecular weight is 210 g/mol. The normalized spacial score (nSPS) is 14.9. The van der Waals surface area contributed by atoms with Crippen molar-refractivity contribution in [3.63, 3.8) is 0 Å². The van der Waals surface area contributed by atoms with Crippen molar-refractivity contribution in [2.45, 2.75) is 58.5 Å². The largest absolute Gasteiger partial charge is 0.329 e. The van der Waals surface area contributed by atoms with E-state index in [1.807, 2.05) is 0 Å². The number of hydrogen-bond donors (Lipinski definition) is 2. The van der Waals surface area contributed by atoms with Crippen LogP contribution in [-0.2, 0) is 0 Å². The Morgan fingerprint density at radius 2 is 1.87 bits per heavy atom. The van der Waals surface area contributed by atoms with Crippen molar-refractivity contribution in [1.29, 1.82) is 0 Å². The number of hydrogen-bond acceptors (Lipinski definition) is 2. The monoisotopic (exact) mass is 210 g/mol. The molecular weight excluding hydrogens is 184 g/mol. The van der Waals surface area contributed by atoms with Gasteiger partial charge in [-0.15, -0.1) is 6.42 Å². The highest BCUT2D eigenvalue weighted by molar-refractivity contribution is 5.00. The van der Waals surface area contributed by atoms with Crippen LogP contribution < -0.4 is 11.1 Å². The third-order valence-corrected chi connectivity index (χ3v) is 3.07. The molecule has 0 rings (SSSR count). The van der Waals surface area contributed by atoms with Gasteiger partial charge < -0.3 is 5.73 Å². The first-order valence-electron chi connectivity index (χ1n) is 6.15. The third-order valence-electron chi connectivity index (χ3n) is 3.07. The predicted octanol–water partition coefficient (Wildman–Crippen LogP) is 2.14. The molecule has 88 valence electrons. The predicted molar refractivity (Wildman–Crippen MR) is 67.6 cm³/mol. The van der Waals surface area contributed by atoms with Crippen LogP contribution in [-0.4, -0.2) is 18.6 Å². The summed E-state index contributed by atoms with van der Waals surface area (Å²) in [6.07, 6.45) is 9.96. The van der Waals surface area contributed by atoms with Gasteiger partial charge in [-0.1, -0.05) is 46.0 Å². The fourth-order valence-corrected chi connectivity index (χ4v) is 2.02. The van der Waals surface area contributed by atoms with Gasteiger partial charge in [0, 0.05) is 12.6 Å². The summed E-state index contributed by atoms with van der Waals surface area (Å²) < 4.78 is 0. The van der Waals surface area contributed by atoms with E-state index in [0.717, 1.165) is 25.7 Å². The van der Waals surface area contributed by atoms with Crippen LogP contribution in [0.3, 0.4) is 0 Å². The molecule has 0 heterocycles. The molecule has 0 radical (unpaired) electrons. The van der Waals surface area contributed by atoms with E-state index in [1.54, 1.807) is 0 Å². The van der Waals surface area contributed by atoms with Crippen LogP contribution in [0.4, 0.5) is 0 Å². The fourth-order valence-electron chi connectivity index (χ4n) is 2.02. The lowest BCUT2D eigenvalue weighted by molar-refractivity contribution is 0.321. The molecule has 0 aliphatic rings. The molecule has 0 bridgehead atoms. The zero-order valence-corrected chi connectivity index (χ0v) is 10.4. The zero-order chi connectivity index (χ0) is 11.7. The summed E-state index contributed by atoms with van der Waals surface area (Å²) in [5.41, 5.74) is 5.79. The Bertz CT molecular complexity index is 179. The lowest BCUT2D eigenvalue weighted by atomic mass is 9.93. The van der Waals surface area contributed by atoms with Crippen molar-refractivity contribution < 1.29 is 0 Å². The van der Waals surface area contributed by atoms with Crippen molar-refractivity contribution in [3.05, 3.63) is 0 Å². The van der Waals surface area contributed by atoms with Crippen LogP contribution in [0.2, 0.25) is 0 Å². The van der Waals surface area contributed by atoms with E-state index in [4.69, 9.17) is 12.2 Å². The van der Waals surface area contributed by atoms with Gasteiger partial charge in [0.25, 0.3) is 0 Å². The molecule has 2 atom stereocenters. The van der Waals surface area contributed by atoms with E-state index in [0.29, 0.717) is 18.5 Å². The molecule has 0 aromatic rings. The molecule has 2 heteroatoms. The molecule has 0 fully saturated rings. The summed E-state index contributed by atoms with van der Waals surface area (Å²) >= 11 is 0. The number of rotatable bonds is 8. The molecule has 15 heavy (non-hydrogen) atoms. The Hall–Kier alpha value is -0.520. The smallest absolute Gasteiger partial charge is 0.0689 e. The Morgan fingerprint density at radius 3 is 2.20 bits per heavy atom. The van der Waals surface area contributed by atoms with E-state index < -0.39 is 0 Å². The van der Waals surface area contributed by atoms with Crippen molar-refractivity contribution in [2.24, 2.45) is 11.7 Å². The molecule has 0 aromatic carbocycles. The minimum Gasteiger partial charge on any atom is -0.329 e. The molecule has 0 saturated carbocycles. The number of nitrogens with one attached hydrogen (secondary N) is 1. The maximum absolute atomic E-state index is 5.79. The second kappa shape index (κ2) is 8.76. The first-order chi connectivity index (χ1) is 7.23. The maximum Gasteiger partial charge on any atom is 0.0689 e. The molecule has 0 spiro atoms. The summed E-state index contributed by atoms with van der Waals surface area (Å²) in [6.45, 7) is 7.25. The van der Waals surface area contributed by atoms with Crippen LogP contribution in [0.5, 0.6) is 0 Å². The Kier molecular flexibility index (Phi) is 8.46. The lowest BCUT2D eigenvalue weighted by Gasteiger charge is -2.28. The van der Waals surface area contributed by atoms with E-state index in [-0.39, 0.29) is 6.04 Å². The van der Waals surface area contributed by atoms with Gasteiger partial charge in [0.15, 0.2) is 0 Å². The second-order valence-electron chi connectivity index (χ2n) is 4.09. The first kappa shape index (κ1) is 14.5. The highest BCUT2D eigenvalue weighted by atomic mass is 15.0. The third kappa shape index (κ3) is 5.20. The quantitative estimate of drug-likeness (QED) is 0.602. The SMILES string of the molecule is C#CC(CCC)NC(CN)C(CC)CC. The van der Waals surface area contributed by atoms with Gasteiger partial charge >= 0.3 is 0 Å². The molecule has 0 aliphatic carbocycles. The summed E-state index contributed by atoms with van der Waals surface area (Å²) in [6, 6.07) is 0.553. The summed E-state index contributed by atoms with van der Waals surface area (Å²) in [5, 5.41) is 3.50. The molecule has 2 unspecified atom stereocenters. The minimum absolute atomic E-state index is 0.184. The summed E-state index contributed by atoms with van der Waals surface area (Å²) in [7, 11) is 0. The van der Waals surface area contributed by atoms with Crippen molar-refractivity contribution in [3.8, 4) is 12.3 Å². The van der Waals surface area contributed by atoms with Crippen molar-refractivity contribution in [2.75, 3.05) is 6.54 Å². The van der Waals surface area contributed by atoms with Gasteiger partial charge in [-0.05, 0) is 12.3 Å². The lowest BCUT2D eigenvalue weighted by Crippen LogP contribution is -2.46. The molecule has 3 N–H and O–H groups in total. The second-order valence-corrected chi connectivity index (χ2v) is 4.09. The first-order valence-corrected chi connectivity index (χ1v) is 6.15. The highest BCUT2D eigenvalue weighted by Crippen LogP contribution is 2.13. The van der Waals surface area contributed by atoms with Crippen molar-refractivity contribution >= 4 is 0 Å². The molecule has 2 nitrogen and oxygen atoms in total. The molecule has 0 saturated heterocycles. The van der Waals surface area contributed by atoms with Crippen LogP contribution in [0.25, 0.3) is 0 Å². The van der Waals surface area contributed by atoms with E-state index in [2.05, 4.69) is 32.0 Å².